The van der Waals surface area contributed by atoms with Crippen LogP contribution in [0.15, 0.2) is 48.8 Å². The largest absolute Gasteiger partial charge is 0.335 e. The molecule has 0 unspecified atom stereocenters. The Bertz CT molecular complexity index is 760. The van der Waals surface area contributed by atoms with Gasteiger partial charge in [-0.15, -0.1) is 0 Å². The summed E-state index contributed by atoms with van der Waals surface area (Å²) < 4.78 is 0. The number of anilines is 1. The van der Waals surface area contributed by atoms with Crippen molar-refractivity contribution in [2.24, 2.45) is 0 Å². The highest BCUT2D eigenvalue weighted by molar-refractivity contribution is 5.91. The van der Waals surface area contributed by atoms with Gasteiger partial charge >= 0.3 is 11.7 Å². The number of likely N-dealkylation sites (tertiary alicyclic amines) is 1. The van der Waals surface area contributed by atoms with Gasteiger partial charge in [-0.25, -0.2) is 4.79 Å². The van der Waals surface area contributed by atoms with E-state index in [1.807, 2.05) is 18.2 Å². The summed E-state index contributed by atoms with van der Waals surface area (Å²) in [6, 6.07) is 11.3. The van der Waals surface area contributed by atoms with E-state index in [4.69, 9.17) is 0 Å². The number of carbonyl (C=O) groups excluding carboxylic acids is 1. The second kappa shape index (κ2) is 8.39. The Morgan fingerprint density at radius 3 is 2.65 bits per heavy atom. The van der Waals surface area contributed by atoms with Gasteiger partial charge in [0.05, 0.1) is 4.92 Å². The van der Waals surface area contributed by atoms with Gasteiger partial charge in [-0.2, -0.15) is 0 Å². The molecule has 2 N–H and O–H groups in total. The fourth-order valence-electron chi connectivity index (χ4n) is 3.06. The van der Waals surface area contributed by atoms with Gasteiger partial charge in [0.25, 0.3) is 0 Å². The van der Waals surface area contributed by atoms with Crippen LogP contribution >= 0.6 is 0 Å². The lowest BCUT2D eigenvalue weighted by molar-refractivity contribution is -0.384. The summed E-state index contributed by atoms with van der Waals surface area (Å²) in [4.78, 5) is 28.6. The van der Waals surface area contributed by atoms with Gasteiger partial charge in [-0.1, -0.05) is 30.3 Å². The molecule has 8 nitrogen and oxygen atoms in total. The van der Waals surface area contributed by atoms with E-state index in [0.29, 0.717) is 0 Å². The molecule has 136 valence electrons. The van der Waals surface area contributed by atoms with Crippen LogP contribution in [-0.2, 0) is 6.54 Å². The molecular formula is C18H21N5O3. The lowest BCUT2D eigenvalue weighted by atomic mass is 10.0. The first-order valence-corrected chi connectivity index (χ1v) is 8.54. The number of nitrogens with one attached hydrogen (secondary N) is 2. The maximum absolute atomic E-state index is 12.1. The van der Waals surface area contributed by atoms with Crippen molar-refractivity contribution in [1.82, 2.24) is 15.2 Å². The summed E-state index contributed by atoms with van der Waals surface area (Å²) >= 11 is 0. The minimum absolute atomic E-state index is 0.0583. The third-order valence-electron chi connectivity index (χ3n) is 4.42. The summed E-state index contributed by atoms with van der Waals surface area (Å²) in [6.07, 6.45) is 4.22. The summed E-state index contributed by atoms with van der Waals surface area (Å²) in [7, 11) is 0. The lowest BCUT2D eigenvalue weighted by Crippen LogP contribution is -2.45. The molecule has 3 rings (SSSR count). The fraction of sp³-hybridized carbons (Fsp3) is 0.333. The number of hydrogen-bond acceptors (Lipinski definition) is 5. The van der Waals surface area contributed by atoms with E-state index in [-0.39, 0.29) is 17.4 Å². The Morgan fingerprint density at radius 1 is 1.23 bits per heavy atom. The first-order chi connectivity index (χ1) is 12.6. The molecule has 2 aromatic rings. The third-order valence-corrected chi connectivity index (χ3v) is 4.42. The molecule has 26 heavy (non-hydrogen) atoms. The molecule has 8 heteroatoms. The van der Waals surface area contributed by atoms with Crippen LogP contribution in [0, 0.1) is 10.1 Å². The van der Waals surface area contributed by atoms with Gasteiger partial charge in [-0.3, -0.25) is 20.0 Å². The van der Waals surface area contributed by atoms with Crippen molar-refractivity contribution in [3.05, 3.63) is 64.5 Å². The summed E-state index contributed by atoms with van der Waals surface area (Å²) in [5, 5.41) is 16.4. The Morgan fingerprint density at radius 2 is 1.96 bits per heavy atom. The summed E-state index contributed by atoms with van der Waals surface area (Å²) in [6.45, 7) is 2.70. The van der Waals surface area contributed by atoms with Crippen LogP contribution in [0.1, 0.15) is 18.4 Å². The molecule has 1 aliphatic heterocycles. The van der Waals surface area contributed by atoms with Gasteiger partial charge in [0.15, 0.2) is 0 Å². The van der Waals surface area contributed by atoms with Crippen LogP contribution < -0.4 is 10.6 Å². The normalized spacial score (nSPS) is 15.4. The van der Waals surface area contributed by atoms with Crippen molar-refractivity contribution in [2.75, 3.05) is 18.4 Å². The standard InChI is InChI=1S/C18H21N5O3/c24-18(21-16-6-9-19-12-17(16)23(25)26)20-15-7-10-22(11-8-15)13-14-4-2-1-3-5-14/h1-6,9,12,15H,7-8,10-11,13H2,(H2,19,20,21,24). The van der Waals surface area contributed by atoms with Crippen LogP contribution in [-0.4, -0.2) is 40.0 Å². The summed E-state index contributed by atoms with van der Waals surface area (Å²) in [5.74, 6) is 0. The molecule has 0 atom stereocenters. The Balaban J connectivity index is 1.47. The minimum Gasteiger partial charge on any atom is -0.335 e. The van der Waals surface area contributed by atoms with Gasteiger partial charge in [0.2, 0.25) is 0 Å². The van der Waals surface area contributed by atoms with Gasteiger partial charge < -0.3 is 10.6 Å². The second-order valence-corrected chi connectivity index (χ2v) is 6.28. The average molecular weight is 355 g/mol. The predicted molar refractivity (Wildman–Crippen MR) is 97.8 cm³/mol. The van der Waals surface area contributed by atoms with Crippen molar-refractivity contribution >= 4 is 17.4 Å². The first kappa shape index (κ1) is 17.8. The van der Waals surface area contributed by atoms with Crippen molar-refractivity contribution in [3.8, 4) is 0 Å². The Kier molecular flexibility index (Phi) is 5.75. The number of nitro groups is 1. The molecule has 1 aromatic heterocycles. The van der Waals surface area contributed by atoms with Crippen molar-refractivity contribution in [3.63, 3.8) is 0 Å². The van der Waals surface area contributed by atoms with Crippen LogP contribution in [0.3, 0.4) is 0 Å². The molecule has 1 saturated heterocycles. The van der Waals surface area contributed by atoms with E-state index in [9.17, 15) is 14.9 Å². The number of amides is 2. The molecule has 0 bridgehead atoms. The number of aromatic nitrogens is 1. The van der Waals surface area contributed by atoms with E-state index in [0.717, 1.165) is 38.7 Å². The highest BCUT2D eigenvalue weighted by atomic mass is 16.6. The number of piperidine rings is 1. The van der Waals surface area contributed by atoms with Gasteiger partial charge in [-0.05, 0) is 24.5 Å². The zero-order valence-electron chi connectivity index (χ0n) is 14.3. The van der Waals surface area contributed by atoms with Crippen molar-refractivity contribution in [1.29, 1.82) is 0 Å². The number of pyridine rings is 1. The number of urea groups is 1. The molecule has 0 aliphatic carbocycles. The van der Waals surface area contributed by atoms with Crippen LogP contribution in [0.25, 0.3) is 0 Å². The van der Waals surface area contributed by atoms with Crippen molar-refractivity contribution in [2.45, 2.75) is 25.4 Å². The van der Waals surface area contributed by atoms with Crippen LogP contribution in [0.5, 0.6) is 0 Å². The third kappa shape index (κ3) is 4.76. The number of hydrogen-bond donors (Lipinski definition) is 2. The highest BCUT2D eigenvalue weighted by Gasteiger charge is 2.22. The van der Waals surface area contributed by atoms with E-state index in [1.165, 1.54) is 17.8 Å². The zero-order chi connectivity index (χ0) is 18.4. The van der Waals surface area contributed by atoms with E-state index < -0.39 is 11.0 Å². The number of rotatable bonds is 5. The molecule has 2 heterocycles. The molecule has 1 fully saturated rings. The molecule has 1 aliphatic rings. The fourth-order valence-corrected chi connectivity index (χ4v) is 3.06. The van der Waals surface area contributed by atoms with E-state index in [2.05, 4.69) is 32.7 Å². The first-order valence-electron chi connectivity index (χ1n) is 8.54. The van der Waals surface area contributed by atoms with Crippen LogP contribution in [0.4, 0.5) is 16.2 Å². The maximum Gasteiger partial charge on any atom is 0.319 e. The predicted octanol–water partition coefficient (Wildman–Crippen LogP) is 2.78. The SMILES string of the molecule is O=C(Nc1ccncc1[N+](=O)[O-])NC1CCN(Cc2ccccc2)CC1. The topological polar surface area (TPSA) is 100 Å². The Labute approximate surface area is 151 Å². The van der Waals surface area contributed by atoms with Gasteiger partial charge in [0, 0.05) is 31.9 Å². The molecule has 1 aromatic carbocycles. The summed E-state index contributed by atoms with van der Waals surface area (Å²) in [5.41, 5.74) is 1.20. The minimum atomic E-state index is -0.565. The Hall–Kier alpha value is -3.00. The zero-order valence-corrected chi connectivity index (χ0v) is 14.3. The van der Waals surface area contributed by atoms with E-state index in [1.54, 1.807) is 0 Å². The molecular weight excluding hydrogens is 334 g/mol. The average Bonchev–Trinajstić information content (AvgIpc) is 2.64. The monoisotopic (exact) mass is 355 g/mol. The quantitative estimate of drug-likeness (QED) is 0.634. The molecule has 0 saturated carbocycles. The smallest absolute Gasteiger partial charge is 0.319 e. The molecule has 0 radical (unpaired) electrons. The maximum atomic E-state index is 12.1. The van der Waals surface area contributed by atoms with Gasteiger partial charge in [0.1, 0.15) is 11.9 Å². The molecule has 2 amide bonds. The number of nitrogens with zero attached hydrogens (tertiary/aromatic N) is 3. The van der Waals surface area contributed by atoms with Crippen molar-refractivity contribution < 1.29 is 9.72 Å². The lowest BCUT2D eigenvalue weighted by Gasteiger charge is -2.32. The second-order valence-electron chi connectivity index (χ2n) is 6.28. The van der Waals surface area contributed by atoms with E-state index >= 15 is 0 Å². The molecule has 0 spiro atoms. The number of carbonyl (C=O) groups is 1. The highest BCUT2D eigenvalue weighted by Crippen LogP contribution is 2.22. The van der Waals surface area contributed by atoms with Crippen LogP contribution in [0.2, 0.25) is 0 Å². The number of benzene rings is 1.